The predicted octanol–water partition coefficient (Wildman–Crippen LogP) is 4.54. The number of hydrogen-bond donors (Lipinski definition) is 2. The molecule has 0 fully saturated rings. The lowest BCUT2D eigenvalue weighted by atomic mass is 9.88. The Balaban J connectivity index is 1.62. The Morgan fingerprint density at radius 1 is 0.938 bits per heavy atom. The van der Waals surface area contributed by atoms with Gasteiger partial charge in [0.15, 0.2) is 0 Å². The van der Waals surface area contributed by atoms with Gasteiger partial charge in [0.1, 0.15) is 5.03 Å². The minimum Gasteiger partial charge on any atom is -0.366 e. The van der Waals surface area contributed by atoms with Crippen molar-refractivity contribution in [3.8, 4) is 0 Å². The highest BCUT2D eigenvalue weighted by Crippen LogP contribution is 2.28. The Hall–Kier alpha value is -3.12. The van der Waals surface area contributed by atoms with E-state index in [0.29, 0.717) is 17.1 Å². The number of aryl methyl sites for hydroxylation is 1. The molecule has 1 aromatic heterocycles. The van der Waals surface area contributed by atoms with Crippen LogP contribution < -0.4 is 11.1 Å². The van der Waals surface area contributed by atoms with Crippen LogP contribution >= 0.6 is 11.8 Å². The van der Waals surface area contributed by atoms with E-state index >= 15 is 0 Å². The monoisotopic (exact) mass is 447 g/mol. The normalized spacial score (nSPS) is 10.9. The maximum absolute atomic E-state index is 12.5. The van der Waals surface area contributed by atoms with Gasteiger partial charge in [0.05, 0.1) is 11.3 Å². The molecule has 3 rings (SSSR count). The molecule has 2 aromatic carbocycles. The average molecular weight is 448 g/mol. The highest BCUT2D eigenvalue weighted by molar-refractivity contribution is 8.00. The fraction of sp³-hybridized carbons (Fsp3) is 0.269. The molecule has 0 aliphatic carbocycles. The molecule has 5 nitrogen and oxygen atoms in total. The van der Waals surface area contributed by atoms with Gasteiger partial charge in [-0.05, 0) is 49.4 Å². The Labute approximate surface area is 193 Å². The number of primary amides is 1. The van der Waals surface area contributed by atoms with Crippen molar-refractivity contribution in [2.45, 2.75) is 38.1 Å². The quantitative estimate of drug-likeness (QED) is 0.472. The van der Waals surface area contributed by atoms with E-state index in [9.17, 15) is 9.59 Å². The summed E-state index contributed by atoms with van der Waals surface area (Å²) in [5, 5.41) is 3.52. The fourth-order valence-corrected chi connectivity index (χ4v) is 4.71. The zero-order chi connectivity index (χ0) is 23.1. The zero-order valence-electron chi connectivity index (χ0n) is 18.7. The lowest BCUT2D eigenvalue weighted by molar-refractivity contribution is -0.118. The summed E-state index contributed by atoms with van der Waals surface area (Å²) in [5.74, 6) is -0.232. The van der Waals surface area contributed by atoms with E-state index in [0.717, 1.165) is 23.2 Å². The smallest absolute Gasteiger partial charge is 0.251 e. The summed E-state index contributed by atoms with van der Waals surface area (Å²) in [4.78, 5) is 28.9. The highest BCUT2D eigenvalue weighted by Gasteiger charge is 2.19. The maximum Gasteiger partial charge on any atom is 0.251 e. The van der Waals surface area contributed by atoms with E-state index < -0.39 is 5.91 Å². The van der Waals surface area contributed by atoms with E-state index in [1.54, 1.807) is 0 Å². The van der Waals surface area contributed by atoms with Crippen molar-refractivity contribution >= 4 is 23.6 Å². The number of pyridine rings is 1. The van der Waals surface area contributed by atoms with Crippen LogP contribution in [0.5, 0.6) is 0 Å². The zero-order valence-corrected chi connectivity index (χ0v) is 19.5. The molecule has 0 radical (unpaired) electrons. The van der Waals surface area contributed by atoms with Gasteiger partial charge in [-0.15, -0.1) is 0 Å². The number of nitrogens with one attached hydrogen (secondary N) is 1. The van der Waals surface area contributed by atoms with Gasteiger partial charge in [0.2, 0.25) is 5.91 Å². The number of benzene rings is 2. The van der Waals surface area contributed by atoms with Crippen LogP contribution in [0.15, 0.2) is 65.7 Å². The summed E-state index contributed by atoms with van der Waals surface area (Å²) < 4.78 is 0. The number of carbonyl (C=O) groups is 2. The molecule has 3 N–H and O–H groups in total. The third kappa shape index (κ3) is 5.77. The van der Waals surface area contributed by atoms with Gasteiger partial charge in [0, 0.05) is 18.2 Å². The minimum atomic E-state index is -0.519. The molecule has 32 heavy (non-hydrogen) atoms. The van der Waals surface area contributed by atoms with Crippen molar-refractivity contribution < 1.29 is 9.59 Å². The molecule has 3 aromatic rings. The first kappa shape index (κ1) is 23.5. The van der Waals surface area contributed by atoms with Crippen LogP contribution in [0.4, 0.5) is 0 Å². The van der Waals surface area contributed by atoms with E-state index in [-0.39, 0.29) is 17.6 Å². The van der Waals surface area contributed by atoms with Crippen LogP contribution in [0.3, 0.4) is 0 Å². The first-order valence-electron chi connectivity index (χ1n) is 10.7. The number of rotatable bonds is 9. The van der Waals surface area contributed by atoms with Gasteiger partial charge in [-0.2, -0.15) is 0 Å². The summed E-state index contributed by atoms with van der Waals surface area (Å²) >= 11 is 1.25. The molecule has 0 bridgehead atoms. The van der Waals surface area contributed by atoms with Crippen LogP contribution in [0.2, 0.25) is 0 Å². The second-order valence-corrected chi connectivity index (χ2v) is 8.76. The minimum absolute atomic E-state index is 0.0945. The Bertz CT molecular complexity index is 1050. The van der Waals surface area contributed by atoms with Crippen LogP contribution in [-0.2, 0) is 4.79 Å². The number of carbonyl (C=O) groups excluding carboxylic acids is 2. The molecule has 2 amide bonds. The number of nitrogens with zero attached hydrogens (tertiary/aromatic N) is 1. The topological polar surface area (TPSA) is 85.1 Å². The Morgan fingerprint density at radius 3 is 2.03 bits per heavy atom. The van der Waals surface area contributed by atoms with Gasteiger partial charge in [-0.25, -0.2) is 4.98 Å². The molecule has 1 heterocycles. The summed E-state index contributed by atoms with van der Waals surface area (Å²) in [5.41, 5.74) is 11.0. The number of hydrogen-bond acceptors (Lipinski definition) is 4. The van der Waals surface area contributed by atoms with Gasteiger partial charge in [-0.3, -0.25) is 9.59 Å². The maximum atomic E-state index is 12.5. The largest absolute Gasteiger partial charge is 0.366 e. The molecule has 0 atom stereocenters. The molecule has 166 valence electrons. The number of amides is 2. The molecule has 0 aliphatic rings. The summed E-state index contributed by atoms with van der Waals surface area (Å²) in [7, 11) is 0. The molecular formula is C26H29N3O2S. The lowest BCUT2D eigenvalue weighted by Crippen LogP contribution is -2.27. The molecule has 0 aliphatic heterocycles. The van der Waals surface area contributed by atoms with Crippen LogP contribution in [0.25, 0.3) is 0 Å². The molecule has 6 heteroatoms. The van der Waals surface area contributed by atoms with Gasteiger partial charge >= 0.3 is 0 Å². The van der Waals surface area contributed by atoms with Gasteiger partial charge in [-0.1, -0.05) is 72.4 Å². The number of thioether (sulfide) groups is 1. The molecule has 0 unspecified atom stereocenters. The highest BCUT2D eigenvalue weighted by atomic mass is 32.2. The summed E-state index contributed by atoms with van der Waals surface area (Å²) in [6.45, 7) is 6.23. The standard InChI is InChI=1S/C26H29N3O2S/c1-17-18(2)24(25(27)31)26(29-19(17)3)32-16-23(30)28-15-14-22(20-10-6-4-7-11-20)21-12-8-5-9-13-21/h4-13,22H,14-16H2,1-3H3,(H2,27,31)(H,28,30). The van der Waals surface area contributed by atoms with Crippen LogP contribution in [-0.4, -0.2) is 29.1 Å². The van der Waals surface area contributed by atoms with E-state index in [1.165, 1.54) is 22.9 Å². The third-order valence-electron chi connectivity index (χ3n) is 5.71. The average Bonchev–Trinajstić information content (AvgIpc) is 2.79. The lowest BCUT2D eigenvalue weighted by Gasteiger charge is -2.18. The van der Waals surface area contributed by atoms with E-state index in [1.807, 2.05) is 57.2 Å². The number of nitrogens with two attached hydrogens (primary N) is 1. The van der Waals surface area contributed by atoms with Crippen molar-refractivity contribution in [2.75, 3.05) is 12.3 Å². The van der Waals surface area contributed by atoms with E-state index in [4.69, 9.17) is 5.73 Å². The summed E-state index contributed by atoms with van der Waals surface area (Å²) in [6, 6.07) is 20.6. The van der Waals surface area contributed by atoms with Crippen LogP contribution in [0.1, 0.15) is 50.6 Å². The molecule has 0 saturated carbocycles. The van der Waals surface area contributed by atoms with E-state index in [2.05, 4.69) is 34.6 Å². The first-order chi connectivity index (χ1) is 15.4. The van der Waals surface area contributed by atoms with Gasteiger partial charge in [0.25, 0.3) is 5.91 Å². The first-order valence-corrected chi connectivity index (χ1v) is 11.6. The van der Waals surface area contributed by atoms with Crippen molar-refractivity contribution in [1.82, 2.24) is 10.3 Å². The predicted molar refractivity (Wildman–Crippen MR) is 130 cm³/mol. The Kier molecular flexibility index (Phi) is 8.06. The number of aromatic nitrogens is 1. The third-order valence-corrected chi connectivity index (χ3v) is 6.68. The molecule has 0 saturated heterocycles. The van der Waals surface area contributed by atoms with Crippen molar-refractivity contribution in [3.05, 3.63) is 94.2 Å². The van der Waals surface area contributed by atoms with Crippen molar-refractivity contribution in [1.29, 1.82) is 0 Å². The second-order valence-electron chi connectivity index (χ2n) is 7.79. The molecule has 0 spiro atoms. The summed E-state index contributed by atoms with van der Waals surface area (Å²) in [6.07, 6.45) is 0.790. The van der Waals surface area contributed by atoms with Crippen molar-refractivity contribution in [3.63, 3.8) is 0 Å². The Morgan fingerprint density at radius 2 is 1.50 bits per heavy atom. The molecular weight excluding hydrogens is 418 g/mol. The SMILES string of the molecule is Cc1nc(SCC(=O)NCCC(c2ccccc2)c2ccccc2)c(C(N)=O)c(C)c1C. The van der Waals surface area contributed by atoms with Gasteiger partial charge < -0.3 is 11.1 Å². The second kappa shape index (κ2) is 11.0. The van der Waals surface area contributed by atoms with Crippen molar-refractivity contribution in [2.24, 2.45) is 5.73 Å². The fourth-order valence-electron chi connectivity index (χ4n) is 3.74. The van der Waals surface area contributed by atoms with Crippen LogP contribution in [0, 0.1) is 20.8 Å².